The first-order valence-corrected chi connectivity index (χ1v) is 4.64. The van der Waals surface area contributed by atoms with Gasteiger partial charge in [0.15, 0.2) is 0 Å². The van der Waals surface area contributed by atoms with E-state index in [0.29, 0.717) is 10.8 Å². The molecule has 0 bridgehead atoms. The van der Waals surface area contributed by atoms with Crippen LogP contribution >= 0.6 is 11.6 Å². The van der Waals surface area contributed by atoms with Gasteiger partial charge in [0.25, 0.3) is 0 Å². The molecule has 0 saturated heterocycles. The molecule has 14 heavy (non-hydrogen) atoms. The largest absolute Gasteiger partial charge is 0.460 e. The van der Waals surface area contributed by atoms with Crippen LogP contribution in [0.15, 0.2) is 24.3 Å². The highest BCUT2D eigenvalue weighted by Crippen LogP contribution is 2.21. The molecule has 0 aliphatic carbocycles. The van der Waals surface area contributed by atoms with Crippen LogP contribution in [0.1, 0.15) is 13.8 Å². The molecule has 2 atom stereocenters. The zero-order chi connectivity index (χ0) is 10.8. The fourth-order valence-electron chi connectivity index (χ4n) is 0.827. The zero-order valence-corrected chi connectivity index (χ0v) is 8.82. The number of halogens is 1. The maximum atomic E-state index is 9.61. The highest BCUT2D eigenvalue weighted by Gasteiger charge is 2.28. The van der Waals surface area contributed by atoms with Crippen molar-refractivity contribution in [1.29, 1.82) is 0 Å². The summed E-state index contributed by atoms with van der Waals surface area (Å²) in [4.78, 5) is 0. The van der Waals surface area contributed by atoms with E-state index in [0.717, 1.165) is 0 Å². The summed E-state index contributed by atoms with van der Waals surface area (Å²) in [6.45, 7) is 2.85. The molecule has 0 aliphatic rings. The van der Waals surface area contributed by atoms with Crippen molar-refractivity contribution in [2.75, 3.05) is 0 Å². The highest BCUT2D eigenvalue weighted by molar-refractivity contribution is 6.30. The Bertz CT molecular complexity index is 293. The van der Waals surface area contributed by atoms with Gasteiger partial charge in [0.2, 0.25) is 5.79 Å². The van der Waals surface area contributed by atoms with Crippen LogP contribution in [-0.4, -0.2) is 22.1 Å². The number of aliphatic hydroxyl groups is 2. The minimum absolute atomic E-state index is 0.459. The third-order valence-corrected chi connectivity index (χ3v) is 2.17. The van der Waals surface area contributed by atoms with E-state index in [4.69, 9.17) is 16.3 Å². The van der Waals surface area contributed by atoms with Crippen LogP contribution in [0.3, 0.4) is 0 Å². The van der Waals surface area contributed by atoms with E-state index in [1.165, 1.54) is 13.8 Å². The summed E-state index contributed by atoms with van der Waals surface area (Å²) < 4.78 is 5.17. The zero-order valence-electron chi connectivity index (χ0n) is 8.07. The van der Waals surface area contributed by atoms with Crippen molar-refractivity contribution in [1.82, 2.24) is 0 Å². The minimum atomic E-state index is -1.59. The molecule has 0 amide bonds. The van der Waals surface area contributed by atoms with Crippen molar-refractivity contribution >= 4 is 11.6 Å². The van der Waals surface area contributed by atoms with Crippen molar-refractivity contribution < 1.29 is 14.9 Å². The summed E-state index contributed by atoms with van der Waals surface area (Å²) in [6.07, 6.45) is -0.974. The van der Waals surface area contributed by atoms with Gasteiger partial charge >= 0.3 is 0 Å². The second kappa shape index (κ2) is 4.17. The summed E-state index contributed by atoms with van der Waals surface area (Å²) in [5.41, 5.74) is 0. The minimum Gasteiger partial charge on any atom is -0.460 e. The number of benzene rings is 1. The van der Waals surface area contributed by atoms with Crippen LogP contribution in [0.4, 0.5) is 0 Å². The van der Waals surface area contributed by atoms with Crippen LogP contribution in [0.5, 0.6) is 5.75 Å². The van der Waals surface area contributed by atoms with Gasteiger partial charge in [-0.25, -0.2) is 0 Å². The van der Waals surface area contributed by atoms with Gasteiger partial charge in [-0.15, -0.1) is 0 Å². The Morgan fingerprint density at radius 2 is 1.86 bits per heavy atom. The third-order valence-electron chi connectivity index (χ3n) is 1.91. The summed E-state index contributed by atoms with van der Waals surface area (Å²) in [5, 5.41) is 19.4. The second-order valence-corrected chi connectivity index (χ2v) is 3.72. The lowest BCUT2D eigenvalue weighted by molar-refractivity contribution is -0.186. The van der Waals surface area contributed by atoms with E-state index in [1.54, 1.807) is 24.3 Å². The Balaban J connectivity index is 2.74. The highest BCUT2D eigenvalue weighted by atomic mass is 35.5. The van der Waals surface area contributed by atoms with E-state index >= 15 is 0 Å². The van der Waals surface area contributed by atoms with Crippen molar-refractivity contribution in [2.45, 2.75) is 25.7 Å². The van der Waals surface area contributed by atoms with E-state index in [1.807, 2.05) is 0 Å². The molecule has 4 heteroatoms. The Morgan fingerprint density at radius 3 is 2.29 bits per heavy atom. The maximum Gasteiger partial charge on any atom is 0.231 e. The van der Waals surface area contributed by atoms with Crippen LogP contribution in [0.25, 0.3) is 0 Å². The molecule has 0 saturated carbocycles. The smallest absolute Gasteiger partial charge is 0.231 e. The second-order valence-electron chi connectivity index (χ2n) is 3.29. The first-order valence-electron chi connectivity index (χ1n) is 4.27. The average Bonchev–Trinajstić information content (AvgIpc) is 2.08. The first-order chi connectivity index (χ1) is 6.42. The maximum absolute atomic E-state index is 9.61. The molecule has 0 radical (unpaired) electrons. The van der Waals surface area contributed by atoms with Gasteiger partial charge in [-0.3, -0.25) is 0 Å². The summed E-state index contributed by atoms with van der Waals surface area (Å²) >= 11 is 5.68. The number of aliphatic hydroxyl groups excluding tert-OH is 1. The molecule has 0 aromatic heterocycles. The molecule has 0 fully saturated rings. The van der Waals surface area contributed by atoms with Gasteiger partial charge in [0.1, 0.15) is 11.9 Å². The Labute approximate surface area is 87.9 Å². The molecule has 1 aromatic carbocycles. The predicted octanol–water partition coefficient (Wildman–Crippen LogP) is 1.81. The van der Waals surface area contributed by atoms with Crippen LogP contribution in [0.2, 0.25) is 5.02 Å². The molecule has 1 rings (SSSR count). The molecule has 78 valence electrons. The Morgan fingerprint density at radius 1 is 1.36 bits per heavy atom. The molecule has 0 spiro atoms. The van der Waals surface area contributed by atoms with E-state index in [2.05, 4.69) is 0 Å². The lowest BCUT2D eigenvalue weighted by atomic mass is 10.2. The molecule has 2 N–H and O–H groups in total. The molecule has 0 aliphatic heterocycles. The van der Waals surface area contributed by atoms with Gasteiger partial charge in [-0.05, 0) is 31.2 Å². The SMILES string of the molecule is CC(O)C(C)(O)Oc1ccc(Cl)cc1. The van der Waals surface area contributed by atoms with Crippen molar-refractivity contribution in [3.63, 3.8) is 0 Å². The van der Waals surface area contributed by atoms with Crippen molar-refractivity contribution in [3.05, 3.63) is 29.3 Å². The fourth-order valence-corrected chi connectivity index (χ4v) is 0.953. The number of rotatable bonds is 3. The van der Waals surface area contributed by atoms with Gasteiger partial charge in [0.05, 0.1) is 0 Å². The molecular formula is C10H13ClO3. The van der Waals surface area contributed by atoms with Crippen LogP contribution in [-0.2, 0) is 0 Å². The van der Waals surface area contributed by atoms with Crippen LogP contribution < -0.4 is 4.74 Å². The first kappa shape index (κ1) is 11.3. The van der Waals surface area contributed by atoms with E-state index in [-0.39, 0.29) is 0 Å². The fraction of sp³-hybridized carbons (Fsp3) is 0.400. The number of ether oxygens (including phenoxy) is 1. The van der Waals surface area contributed by atoms with E-state index in [9.17, 15) is 10.2 Å². The lowest BCUT2D eigenvalue weighted by Crippen LogP contribution is -2.42. The quantitative estimate of drug-likeness (QED) is 0.758. The average molecular weight is 217 g/mol. The topological polar surface area (TPSA) is 49.7 Å². The molecule has 1 aromatic rings. The molecule has 3 nitrogen and oxygen atoms in total. The molecule has 0 heterocycles. The number of hydrogen-bond donors (Lipinski definition) is 2. The lowest BCUT2D eigenvalue weighted by Gasteiger charge is -2.27. The summed E-state index contributed by atoms with van der Waals surface area (Å²) in [6, 6.07) is 6.54. The molecule has 2 unspecified atom stereocenters. The van der Waals surface area contributed by atoms with E-state index < -0.39 is 11.9 Å². The molecular weight excluding hydrogens is 204 g/mol. The Hall–Kier alpha value is -0.770. The van der Waals surface area contributed by atoms with Crippen LogP contribution in [0, 0.1) is 0 Å². The van der Waals surface area contributed by atoms with Gasteiger partial charge in [0, 0.05) is 11.9 Å². The third kappa shape index (κ3) is 2.87. The summed E-state index contributed by atoms with van der Waals surface area (Å²) in [7, 11) is 0. The predicted molar refractivity (Wildman–Crippen MR) is 54.4 cm³/mol. The Kier molecular flexibility index (Phi) is 3.37. The van der Waals surface area contributed by atoms with Gasteiger partial charge in [-0.2, -0.15) is 0 Å². The number of hydrogen-bond acceptors (Lipinski definition) is 3. The van der Waals surface area contributed by atoms with Gasteiger partial charge < -0.3 is 14.9 Å². The van der Waals surface area contributed by atoms with Gasteiger partial charge in [-0.1, -0.05) is 11.6 Å². The normalized spacial score (nSPS) is 17.2. The van der Waals surface area contributed by atoms with Crippen molar-refractivity contribution in [2.24, 2.45) is 0 Å². The monoisotopic (exact) mass is 216 g/mol. The van der Waals surface area contributed by atoms with Crippen molar-refractivity contribution in [3.8, 4) is 5.75 Å². The standard InChI is InChI=1S/C10H13ClO3/c1-7(12)10(2,13)14-9-5-3-8(11)4-6-9/h3-7,12-13H,1-2H3. The summed E-state index contributed by atoms with van der Waals surface area (Å²) in [5.74, 6) is -1.13.